The van der Waals surface area contributed by atoms with Crippen LogP contribution in [0.3, 0.4) is 0 Å². The Balaban J connectivity index is 1.26. The van der Waals surface area contributed by atoms with Crippen molar-refractivity contribution in [3.05, 3.63) is 185 Å². The highest BCUT2D eigenvalue weighted by molar-refractivity contribution is 6.94. The monoisotopic (exact) mass is 885 g/mol. The molecule has 0 aromatic heterocycles. The van der Waals surface area contributed by atoms with Crippen molar-refractivity contribution in [2.45, 2.75) is 123 Å². The van der Waals surface area contributed by atoms with E-state index in [0.29, 0.717) is 0 Å². The summed E-state index contributed by atoms with van der Waals surface area (Å²) in [5.41, 5.74) is 25.2. The fraction of sp³-hybridized carbons (Fsp3) is 0.292. The van der Waals surface area contributed by atoms with Gasteiger partial charge >= 0.3 is 6.85 Å². The van der Waals surface area contributed by atoms with Crippen LogP contribution in [0.25, 0.3) is 44.2 Å². The summed E-state index contributed by atoms with van der Waals surface area (Å²) in [6.07, 6.45) is 2.33. The standard InChI is InChI=1S/C65H65BN2/c1-61(2,3)42-26-29-44(30-27-42)68-56-39-53-52(63(7,8)32-33-64(53,9)10)36-49(56)59-45-23-17-16-22-41(45)34-58-60(59)66(68)54-38-51-48(46-24-18-19-25-50(46)65(51,11)12)37-57(54)67(58)55-31-28-43(62(4,5)6)35-47(55)40-20-14-13-15-21-40/h13-31,34-39H,32-33H2,1-12H3. The highest BCUT2D eigenvalue weighted by Gasteiger charge is 2.49. The molecule has 0 N–H and O–H groups in total. The second-order valence-corrected chi connectivity index (χ2v) is 24.5. The zero-order chi connectivity index (χ0) is 47.4. The number of benzene rings is 8. The van der Waals surface area contributed by atoms with Gasteiger partial charge in [0.1, 0.15) is 0 Å². The maximum absolute atomic E-state index is 2.76. The second kappa shape index (κ2) is 14.4. The van der Waals surface area contributed by atoms with E-state index in [2.05, 4.69) is 244 Å². The number of hydrogen-bond donors (Lipinski definition) is 0. The van der Waals surface area contributed by atoms with Crippen LogP contribution in [-0.2, 0) is 27.1 Å². The molecular formula is C65H65BN2. The molecule has 2 aliphatic carbocycles. The van der Waals surface area contributed by atoms with Crippen molar-refractivity contribution in [3.63, 3.8) is 0 Å². The molecule has 0 unspecified atom stereocenters. The van der Waals surface area contributed by atoms with Gasteiger partial charge < -0.3 is 9.71 Å². The molecule has 4 aliphatic rings. The van der Waals surface area contributed by atoms with E-state index in [1.54, 1.807) is 0 Å². The number of rotatable bonds is 3. The molecule has 2 nitrogen and oxygen atoms in total. The molecule has 0 amide bonds. The van der Waals surface area contributed by atoms with Crippen LogP contribution in [-0.4, -0.2) is 6.85 Å². The Bertz CT molecular complexity index is 3390. The van der Waals surface area contributed by atoms with Crippen molar-refractivity contribution in [2.24, 2.45) is 0 Å². The summed E-state index contributed by atoms with van der Waals surface area (Å²) in [6, 6.07) is 59.4. The Morgan fingerprint density at radius 1 is 0.456 bits per heavy atom. The summed E-state index contributed by atoms with van der Waals surface area (Å²) >= 11 is 0. The number of nitrogens with zero attached hydrogens (tertiary/aromatic N) is 2. The summed E-state index contributed by atoms with van der Waals surface area (Å²) < 4.78 is 0. The van der Waals surface area contributed by atoms with Gasteiger partial charge in [0, 0.05) is 39.3 Å². The van der Waals surface area contributed by atoms with Crippen molar-refractivity contribution < 1.29 is 0 Å². The van der Waals surface area contributed by atoms with Crippen LogP contribution < -0.4 is 20.6 Å². The molecule has 338 valence electrons. The summed E-state index contributed by atoms with van der Waals surface area (Å²) in [4.78, 5) is 5.44. The van der Waals surface area contributed by atoms with E-state index < -0.39 is 0 Å². The highest BCUT2D eigenvalue weighted by Crippen LogP contribution is 2.57. The van der Waals surface area contributed by atoms with E-state index in [4.69, 9.17) is 0 Å². The minimum atomic E-state index is -0.178. The average Bonchev–Trinajstić information content (AvgIpc) is 3.53. The topological polar surface area (TPSA) is 6.48 Å². The third kappa shape index (κ3) is 6.23. The lowest BCUT2D eigenvalue weighted by Crippen LogP contribution is -2.62. The lowest BCUT2D eigenvalue weighted by atomic mass is 9.42. The van der Waals surface area contributed by atoms with Crippen molar-refractivity contribution in [1.29, 1.82) is 0 Å². The van der Waals surface area contributed by atoms with Crippen LogP contribution in [0.15, 0.2) is 152 Å². The van der Waals surface area contributed by atoms with Gasteiger partial charge in [0.2, 0.25) is 0 Å². The van der Waals surface area contributed by atoms with Gasteiger partial charge in [-0.25, -0.2) is 0 Å². The first kappa shape index (κ1) is 43.0. The Kier molecular flexibility index (Phi) is 9.08. The van der Waals surface area contributed by atoms with Crippen LogP contribution >= 0.6 is 0 Å². The van der Waals surface area contributed by atoms with Crippen LogP contribution in [0.4, 0.5) is 28.4 Å². The molecule has 2 heterocycles. The molecule has 0 saturated heterocycles. The quantitative estimate of drug-likeness (QED) is 0.163. The van der Waals surface area contributed by atoms with Gasteiger partial charge in [0.05, 0.1) is 5.69 Å². The predicted molar refractivity (Wildman–Crippen MR) is 293 cm³/mol. The van der Waals surface area contributed by atoms with Gasteiger partial charge in [-0.1, -0.05) is 186 Å². The molecule has 3 heteroatoms. The third-order valence-electron chi connectivity index (χ3n) is 16.8. The minimum absolute atomic E-state index is 0.0284. The van der Waals surface area contributed by atoms with E-state index in [1.165, 1.54) is 117 Å². The third-order valence-corrected chi connectivity index (χ3v) is 16.8. The Morgan fingerprint density at radius 2 is 1.09 bits per heavy atom. The molecule has 8 aromatic rings. The molecule has 12 rings (SSSR count). The van der Waals surface area contributed by atoms with Crippen LogP contribution in [0.1, 0.15) is 129 Å². The zero-order valence-corrected chi connectivity index (χ0v) is 42.3. The smallest absolute Gasteiger partial charge is 0.333 e. The first-order chi connectivity index (χ1) is 32.2. The molecule has 0 radical (unpaired) electrons. The van der Waals surface area contributed by atoms with Crippen LogP contribution in [0.2, 0.25) is 0 Å². The van der Waals surface area contributed by atoms with Crippen molar-refractivity contribution in [3.8, 4) is 33.4 Å². The molecular weight excluding hydrogens is 820 g/mol. The molecule has 0 bridgehead atoms. The number of hydrogen-bond acceptors (Lipinski definition) is 2. The summed E-state index contributed by atoms with van der Waals surface area (Å²) in [7, 11) is 0. The molecule has 0 atom stereocenters. The van der Waals surface area contributed by atoms with Gasteiger partial charge in [-0.3, -0.25) is 0 Å². The van der Waals surface area contributed by atoms with Gasteiger partial charge in [0.25, 0.3) is 0 Å². The second-order valence-electron chi connectivity index (χ2n) is 24.5. The summed E-state index contributed by atoms with van der Waals surface area (Å²) in [5.74, 6) is 0. The van der Waals surface area contributed by atoms with Crippen LogP contribution in [0, 0.1) is 0 Å². The van der Waals surface area contributed by atoms with E-state index in [9.17, 15) is 0 Å². The number of fused-ring (bicyclic) bond motifs is 10. The Hall–Kier alpha value is -6.32. The first-order valence-corrected chi connectivity index (χ1v) is 25.2. The van der Waals surface area contributed by atoms with E-state index >= 15 is 0 Å². The van der Waals surface area contributed by atoms with Gasteiger partial charge in [0.15, 0.2) is 0 Å². The van der Waals surface area contributed by atoms with E-state index in [-0.39, 0.29) is 33.9 Å². The van der Waals surface area contributed by atoms with Gasteiger partial charge in [-0.05, 0) is 160 Å². The maximum Gasteiger partial charge on any atom is 0.333 e. The Labute approximate surface area is 406 Å². The highest BCUT2D eigenvalue weighted by atomic mass is 15.2. The molecule has 0 saturated carbocycles. The van der Waals surface area contributed by atoms with Crippen molar-refractivity contribution in [2.75, 3.05) is 9.71 Å². The largest absolute Gasteiger partial charge is 0.376 e. The first-order valence-electron chi connectivity index (χ1n) is 25.2. The molecule has 2 aliphatic heterocycles. The molecule has 0 fully saturated rings. The predicted octanol–water partition coefficient (Wildman–Crippen LogP) is 16.5. The van der Waals surface area contributed by atoms with Crippen LogP contribution in [0.5, 0.6) is 0 Å². The lowest BCUT2D eigenvalue weighted by Gasteiger charge is -2.49. The average molecular weight is 885 g/mol. The van der Waals surface area contributed by atoms with E-state index in [0.717, 1.165) is 12.8 Å². The fourth-order valence-electron chi connectivity index (χ4n) is 12.7. The van der Waals surface area contributed by atoms with E-state index in [1.807, 2.05) is 0 Å². The fourth-order valence-corrected chi connectivity index (χ4v) is 12.7. The van der Waals surface area contributed by atoms with Gasteiger partial charge in [-0.15, -0.1) is 0 Å². The number of anilines is 5. The normalized spacial score (nSPS) is 17.0. The maximum atomic E-state index is 2.76. The van der Waals surface area contributed by atoms with Crippen molar-refractivity contribution >= 4 is 57.0 Å². The summed E-state index contributed by atoms with van der Waals surface area (Å²) in [5, 5.41) is 2.58. The van der Waals surface area contributed by atoms with Gasteiger partial charge in [-0.2, -0.15) is 0 Å². The molecule has 68 heavy (non-hydrogen) atoms. The molecule has 0 spiro atoms. The lowest BCUT2D eigenvalue weighted by molar-refractivity contribution is 0.332. The van der Waals surface area contributed by atoms with Crippen molar-refractivity contribution in [1.82, 2.24) is 0 Å². The zero-order valence-electron chi connectivity index (χ0n) is 42.3. The Morgan fingerprint density at radius 3 is 1.79 bits per heavy atom. The molecule has 8 aromatic carbocycles. The minimum Gasteiger partial charge on any atom is -0.376 e. The SMILES string of the molecule is CC(C)(C)c1ccc(N2B3c4cc5c(cc4N(c4ccc(C(C)(C)C)cc4-c4ccccc4)c4cc6ccccc6c(c43)-c3cc4c(cc32)C(C)(C)CCC4(C)C)-c2ccccc2C5(C)C)cc1. The summed E-state index contributed by atoms with van der Waals surface area (Å²) in [6.45, 7) is 28.7.